The van der Waals surface area contributed by atoms with Crippen LogP contribution in [0.3, 0.4) is 0 Å². The Hall–Kier alpha value is -1.22. The predicted molar refractivity (Wildman–Crippen MR) is 93.5 cm³/mol. The first kappa shape index (κ1) is 17.1. The lowest BCUT2D eigenvalue weighted by Gasteiger charge is -2.33. The average Bonchev–Trinajstić information content (AvgIpc) is 2.54. The lowest BCUT2D eigenvalue weighted by molar-refractivity contribution is -0.125. The maximum atomic E-state index is 12.2. The second kappa shape index (κ2) is 9.04. The maximum Gasteiger partial charge on any atom is 0.223 e. The average molecular weight is 323 g/mol. The van der Waals surface area contributed by atoms with Crippen LogP contribution in [0, 0.1) is 5.92 Å². The summed E-state index contributed by atoms with van der Waals surface area (Å²) in [5, 5.41) is 3.86. The second-order valence-corrected chi connectivity index (χ2v) is 6.53. The maximum absolute atomic E-state index is 12.2. The van der Waals surface area contributed by atoms with Crippen LogP contribution in [0.15, 0.2) is 24.3 Å². The van der Waals surface area contributed by atoms with Gasteiger partial charge in [0.2, 0.25) is 5.91 Å². The Bertz CT molecular complexity index is 470. The summed E-state index contributed by atoms with van der Waals surface area (Å²) in [6.45, 7) is 4.88. The van der Waals surface area contributed by atoms with E-state index in [1.165, 1.54) is 19.3 Å². The number of carbonyl (C=O) groups is 1. The van der Waals surface area contributed by atoms with E-state index in [9.17, 15) is 4.79 Å². The van der Waals surface area contributed by atoms with Crippen molar-refractivity contribution >= 4 is 23.2 Å². The van der Waals surface area contributed by atoms with Gasteiger partial charge in [-0.2, -0.15) is 0 Å². The van der Waals surface area contributed by atoms with Gasteiger partial charge in [-0.15, -0.1) is 0 Å². The summed E-state index contributed by atoms with van der Waals surface area (Å²) in [5.41, 5.74) is 1.16. The number of anilines is 1. The van der Waals surface area contributed by atoms with Gasteiger partial charge in [-0.25, -0.2) is 0 Å². The van der Waals surface area contributed by atoms with Crippen molar-refractivity contribution in [1.29, 1.82) is 0 Å². The molecule has 1 saturated heterocycles. The number of amides is 1. The van der Waals surface area contributed by atoms with Crippen LogP contribution in [-0.4, -0.2) is 25.5 Å². The van der Waals surface area contributed by atoms with Crippen LogP contribution in [0.2, 0.25) is 5.02 Å². The van der Waals surface area contributed by atoms with Crippen LogP contribution in [0.1, 0.15) is 45.4 Å². The molecule has 0 radical (unpaired) electrons. The van der Waals surface area contributed by atoms with Gasteiger partial charge >= 0.3 is 0 Å². The second-order valence-electron chi connectivity index (χ2n) is 6.09. The van der Waals surface area contributed by atoms with Crippen molar-refractivity contribution < 1.29 is 4.79 Å². The Labute approximate surface area is 139 Å². The monoisotopic (exact) mass is 322 g/mol. The van der Waals surface area contributed by atoms with Crippen LogP contribution in [0.5, 0.6) is 0 Å². The van der Waals surface area contributed by atoms with Crippen LogP contribution in [0.4, 0.5) is 5.69 Å². The van der Waals surface area contributed by atoms with Crippen LogP contribution in [0.25, 0.3) is 0 Å². The minimum absolute atomic E-state index is 0.168. The zero-order chi connectivity index (χ0) is 15.8. The van der Waals surface area contributed by atoms with E-state index >= 15 is 0 Å². The fraction of sp³-hybridized carbons (Fsp3) is 0.611. The molecule has 1 aliphatic rings. The quantitative estimate of drug-likeness (QED) is 0.761. The first-order valence-electron chi connectivity index (χ1n) is 8.49. The molecule has 0 aliphatic carbocycles. The van der Waals surface area contributed by atoms with Gasteiger partial charge in [0.1, 0.15) is 0 Å². The molecular weight excluding hydrogens is 296 g/mol. The lowest BCUT2D eigenvalue weighted by Crippen LogP contribution is -2.40. The Morgan fingerprint density at radius 2 is 2.05 bits per heavy atom. The minimum atomic E-state index is 0.168. The molecule has 0 unspecified atom stereocenters. The molecule has 0 spiro atoms. The Morgan fingerprint density at radius 1 is 1.27 bits per heavy atom. The molecule has 22 heavy (non-hydrogen) atoms. The highest BCUT2D eigenvalue weighted by Gasteiger charge is 2.24. The minimum Gasteiger partial charge on any atom is -0.371 e. The molecule has 1 amide bonds. The van der Waals surface area contributed by atoms with Crippen molar-refractivity contribution in [3.05, 3.63) is 29.3 Å². The number of nitrogens with zero attached hydrogens (tertiary/aromatic N) is 1. The fourth-order valence-corrected chi connectivity index (χ4v) is 3.16. The molecule has 1 aliphatic heterocycles. The summed E-state index contributed by atoms with van der Waals surface area (Å²) < 4.78 is 0. The fourth-order valence-electron chi connectivity index (χ4n) is 2.98. The van der Waals surface area contributed by atoms with Gasteiger partial charge in [0, 0.05) is 36.3 Å². The molecule has 1 fully saturated rings. The molecule has 3 nitrogen and oxygen atoms in total. The van der Waals surface area contributed by atoms with Gasteiger partial charge in [0.25, 0.3) is 0 Å². The molecule has 1 aromatic rings. The molecule has 1 heterocycles. The summed E-state index contributed by atoms with van der Waals surface area (Å²) in [7, 11) is 0. The number of hydrogen-bond donors (Lipinski definition) is 1. The van der Waals surface area contributed by atoms with Gasteiger partial charge in [-0.05, 0) is 37.5 Å². The van der Waals surface area contributed by atoms with E-state index in [1.807, 2.05) is 18.2 Å². The Morgan fingerprint density at radius 3 is 2.73 bits per heavy atom. The van der Waals surface area contributed by atoms with Gasteiger partial charge in [-0.3, -0.25) is 4.79 Å². The van der Waals surface area contributed by atoms with E-state index in [0.717, 1.165) is 49.6 Å². The molecule has 1 N–H and O–H groups in total. The molecule has 1 aromatic carbocycles. The molecule has 122 valence electrons. The first-order chi connectivity index (χ1) is 10.7. The zero-order valence-electron chi connectivity index (χ0n) is 13.5. The largest absolute Gasteiger partial charge is 0.371 e. The number of unbranched alkanes of at least 4 members (excludes halogenated alkanes) is 3. The van der Waals surface area contributed by atoms with E-state index < -0.39 is 0 Å². The van der Waals surface area contributed by atoms with Crippen LogP contribution in [-0.2, 0) is 4.79 Å². The third kappa shape index (κ3) is 5.20. The van der Waals surface area contributed by atoms with Gasteiger partial charge in [0.05, 0.1) is 0 Å². The number of benzene rings is 1. The Kier molecular flexibility index (Phi) is 7.04. The summed E-state index contributed by atoms with van der Waals surface area (Å²) >= 11 is 6.05. The van der Waals surface area contributed by atoms with Gasteiger partial charge < -0.3 is 10.2 Å². The zero-order valence-corrected chi connectivity index (χ0v) is 14.2. The third-order valence-corrected chi connectivity index (χ3v) is 4.60. The van der Waals surface area contributed by atoms with Crippen molar-refractivity contribution in [2.45, 2.75) is 45.4 Å². The molecular formula is C18H27ClN2O. The van der Waals surface area contributed by atoms with Crippen molar-refractivity contribution in [1.82, 2.24) is 5.32 Å². The molecule has 2 rings (SSSR count). The summed E-state index contributed by atoms with van der Waals surface area (Å²) in [6.07, 6.45) is 6.65. The van der Waals surface area contributed by atoms with E-state index in [1.54, 1.807) is 0 Å². The molecule has 0 saturated carbocycles. The SMILES string of the molecule is CCCCCCNC(=O)C1CCN(c2cccc(Cl)c2)CC1. The predicted octanol–water partition coefficient (Wildman–Crippen LogP) is 4.25. The number of piperidine rings is 1. The first-order valence-corrected chi connectivity index (χ1v) is 8.86. The summed E-state index contributed by atoms with van der Waals surface area (Å²) in [5.74, 6) is 0.406. The number of nitrogens with one attached hydrogen (secondary N) is 1. The van der Waals surface area contributed by atoms with E-state index in [0.29, 0.717) is 0 Å². The van der Waals surface area contributed by atoms with E-state index in [2.05, 4.69) is 23.2 Å². The van der Waals surface area contributed by atoms with Gasteiger partial charge in [-0.1, -0.05) is 43.9 Å². The van der Waals surface area contributed by atoms with Crippen molar-refractivity contribution in [2.75, 3.05) is 24.5 Å². The van der Waals surface area contributed by atoms with Crippen LogP contribution >= 0.6 is 11.6 Å². The van der Waals surface area contributed by atoms with E-state index in [4.69, 9.17) is 11.6 Å². The molecule has 4 heteroatoms. The number of hydrogen-bond acceptors (Lipinski definition) is 2. The number of carbonyl (C=O) groups excluding carboxylic acids is 1. The lowest BCUT2D eigenvalue weighted by atomic mass is 9.95. The van der Waals surface area contributed by atoms with E-state index in [-0.39, 0.29) is 11.8 Å². The highest BCUT2D eigenvalue weighted by Crippen LogP contribution is 2.25. The van der Waals surface area contributed by atoms with Crippen molar-refractivity contribution in [3.8, 4) is 0 Å². The molecule has 0 bridgehead atoms. The highest BCUT2D eigenvalue weighted by molar-refractivity contribution is 6.30. The van der Waals surface area contributed by atoms with Gasteiger partial charge in [0.15, 0.2) is 0 Å². The third-order valence-electron chi connectivity index (χ3n) is 4.37. The van der Waals surface area contributed by atoms with Crippen molar-refractivity contribution in [3.63, 3.8) is 0 Å². The normalized spacial score (nSPS) is 15.8. The smallest absolute Gasteiger partial charge is 0.223 e. The number of rotatable bonds is 7. The summed E-state index contributed by atoms with van der Waals surface area (Å²) in [6, 6.07) is 7.95. The molecule has 0 aromatic heterocycles. The summed E-state index contributed by atoms with van der Waals surface area (Å²) in [4.78, 5) is 14.5. The highest BCUT2D eigenvalue weighted by atomic mass is 35.5. The number of halogens is 1. The van der Waals surface area contributed by atoms with Crippen molar-refractivity contribution in [2.24, 2.45) is 5.92 Å². The van der Waals surface area contributed by atoms with Crippen LogP contribution < -0.4 is 10.2 Å². The standard InChI is InChI=1S/C18H27ClN2O/c1-2-3-4-5-11-20-18(22)15-9-12-21(13-10-15)17-8-6-7-16(19)14-17/h6-8,14-15H,2-5,9-13H2,1H3,(H,20,22). The molecule has 0 atom stereocenters. The Balaban J connectivity index is 1.71. The topological polar surface area (TPSA) is 32.3 Å².